The molecule has 0 unspecified atom stereocenters. The predicted octanol–water partition coefficient (Wildman–Crippen LogP) is 1.47. The Balaban J connectivity index is 1.64. The van der Waals surface area contributed by atoms with E-state index in [2.05, 4.69) is 5.32 Å². The van der Waals surface area contributed by atoms with Crippen LogP contribution in [0.4, 0.5) is 0 Å². The summed E-state index contributed by atoms with van der Waals surface area (Å²) in [5.41, 5.74) is 1.82. The number of aliphatic hydroxyl groups excluding tert-OH is 2. The van der Waals surface area contributed by atoms with Gasteiger partial charge in [0.25, 0.3) is 0 Å². The largest absolute Gasteiger partial charge is 0.493 e. The van der Waals surface area contributed by atoms with Gasteiger partial charge in [0, 0.05) is 6.54 Å². The summed E-state index contributed by atoms with van der Waals surface area (Å²) in [5.74, 6) is 1.57. The van der Waals surface area contributed by atoms with Gasteiger partial charge in [-0.25, -0.2) is 0 Å². The summed E-state index contributed by atoms with van der Waals surface area (Å²) in [6.07, 6.45) is -2.76. The van der Waals surface area contributed by atoms with Crippen molar-refractivity contribution in [3.8, 4) is 17.2 Å². The number of aliphatic hydroxyl groups is 2. The highest BCUT2D eigenvalue weighted by atomic mass is 16.7. The van der Waals surface area contributed by atoms with Crippen molar-refractivity contribution in [2.24, 2.45) is 0 Å². The molecule has 3 N–H and O–H groups in total. The average Bonchev–Trinajstić information content (AvgIpc) is 2.78. The van der Waals surface area contributed by atoms with Crippen LogP contribution in [0.5, 0.6) is 17.2 Å². The van der Waals surface area contributed by atoms with Gasteiger partial charge in [-0.3, -0.25) is 0 Å². The van der Waals surface area contributed by atoms with Gasteiger partial charge in [0.15, 0.2) is 17.8 Å². The summed E-state index contributed by atoms with van der Waals surface area (Å²) < 4.78 is 27.3. The highest BCUT2D eigenvalue weighted by molar-refractivity contribution is 5.53. The fourth-order valence-electron chi connectivity index (χ4n) is 3.42. The van der Waals surface area contributed by atoms with Gasteiger partial charge in [0.05, 0.1) is 46.7 Å². The Hall–Kier alpha value is -2.36. The lowest BCUT2D eigenvalue weighted by Gasteiger charge is -2.38. The molecule has 2 aromatic rings. The van der Waals surface area contributed by atoms with E-state index in [4.69, 9.17) is 23.7 Å². The van der Waals surface area contributed by atoms with Crippen LogP contribution in [-0.4, -0.2) is 62.7 Å². The number of hydrogen-bond acceptors (Lipinski definition) is 8. The molecule has 2 aromatic carbocycles. The van der Waals surface area contributed by atoms with E-state index in [1.54, 1.807) is 21.3 Å². The molecular weight excluding hydrogens is 390 g/mol. The van der Waals surface area contributed by atoms with E-state index in [-0.39, 0.29) is 6.61 Å². The minimum Gasteiger partial charge on any atom is -0.493 e. The Kier molecular flexibility index (Phi) is 7.89. The number of hydrogen-bond donors (Lipinski definition) is 3. The molecule has 3 rings (SSSR count). The van der Waals surface area contributed by atoms with Crippen LogP contribution in [0.25, 0.3) is 0 Å². The third-order valence-electron chi connectivity index (χ3n) is 5.02. The van der Waals surface area contributed by atoms with Crippen molar-refractivity contribution < 1.29 is 33.9 Å². The standard InChI is InChI=1S/C22H29NO7/c1-26-17-9-15(10-18(27-2)21(17)28-3)11-23-19-16(24)13-30-22(20(19)25)29-12-14-7-5-4-6-8-14/h4-10,16,19-20,22-25H,11-13H2,1-3H3/t16-,19+,20-,22-/m0/s1. The lowest BCUT2D eigenvalue weighted by Crippen LogP contribution is -2.59. The van der Waals surface area contributed by atoms with E-state index in [1.165, 1.54) is 0 Å². The Morgan fingerprint density at radius 1 is 0.967 bits per heavy atom. The summed E-state index contributed by atoms with van der Waals surface area (Å²) in [4.78, 5) is 0. The van der Waals surface area contributed by atoms with E-state index in [1.807, 2.05) is 42.5 Å². The lowest BCUT2D eigenvalue weighted by molar-refractivity contribution is -0.250. The minimum atomic E-state index is -1.04. The Bertz CT molecular complexity index is 776. The van der Waals surface area contributed by atoms with Gasteiger partial charge in [-0.05, 0) is 23.3 Å². The van der Waals surface area contributed by atoms with Crippen LogP contribution in [-0.2, 0) is 22.6 Å². The van der Waals surface area contributed by atoms with Crippen molar-refractivity contribution in [1.82, 2.24) is 5.32 Å². The molecule has 1 fully saturated rings. The number of nitrogens with one attached hydrogen (secondary N) is 1. The molecule has 8 nitrogen and oxygen atoms in total. The maximum Gasteiger partial charge on any atom is 0.203 e. The number of benzene rings is 2. The van der Waals surface area contributed by atoms with Gasteiger partial charge in [-0.2, -0.15) is 0 Å². The topological polar surface area (TPSA) is 98.6 Å². The van der Waals surface area contributed by atoms with Gasteiger partial charge < -0.3 is 39.2 Å². The second-order valence-electron chi connectivity index (χ2n) is 7.00. The maximum absolute atomic E-state index is 10.7. The first-order valence-electron chi connectivity index (χ1n) is 9.73. The third kappa shape index (κ3) is 5.21. The fourth-order valence-corrected chi connectivity index (χ4v) is 3.42. The molecule has 30 heavy (non-hydrogen) atoms. The smallest absolute Gasteiger partial charge is 0.203 e. The van der Waals surface area contributed by atoms with Crippen LogP contribution in [0.15, 0.2) is 42.5 Å². The molecule has 1 heterocycles. The number of methoxy groups -OCH3 is 3. The van der Waals surface area contributed by atoms with Gasteiger partial charge in [-0.1, -0.05) is 30.3 Å². The molecule has 0 bridgehead atoms. The Labute approximate surface area is 176 Å². The van der Waals surface area contributed by atoms with Crippen molar-refractivity contribution in [2.75, 3.05) is 27.9 Å². The predicted molar refractivity (Wildman–Crippen MR) is 110 cm³/mol. The van der Waals surface area contributed by atoms with E-state index in [0.29, 0.717) is 30.4 Å². The molecule has 1 aliphatic rings. The first-order chi connectivity index (χ1) is 14.6. The van der Waals surface area contributed by atoms with E-state index in [0.717, 1.165) is 11.1 Å². The second-order valence-corrected chi connectivity index (χ2v) is 7.00. The fraction of sp³-hybridized carbons (Fsp3) is 0.455. The highest BCUT2D eigenvalue weighted by Gasteiger charge is 2.39. The van der Waals surface area contributed by atoms with Gasteiger partial charge in [0.2, 0.25) is 5.75 Å². The van der Waals surface area contributed by atoms with Crippen LogP contribution < -0.4 is 19.5 Å². The molecule has 0 aromatic heterocycles. The van der Waals surface area contributed by atoms with Crippen molar-refractivity contribution >= 4 is 0 Å². The average molecular weight is 419 g/mol. The monoisotopic (exact) mass is 419 g/mol. The van der Waals surface area contributed by atoms with Crippen molar-refractivity contribution in [3.63, 3.8) is 0 Å². The first kappa shape index (κ1) is 22.3. The molecule has 0 spiro atoms. The van der Waals surface area contributed by atoms with Crippen molar-refractivity contribution in [2.45, 2.75) is 37.7 Å². The van der Waals surface area contributed by atoms with Gasteiger partial charge >= 0.3 is 0 Å². The Morgan fingerprint density at radius 2 is 1.63 bits per heavy atom. The highest BCUT2D eigenvalue weighted by Crippen LogP contribution is 2.38. The van der Waals surface area contributed by atoms with Crippen LogP contribution in [0.1, 0.15) is 11.1 Å². The van der Waals surface area contributed by atoms with Crippen LogP contribution in [0, 0.1) is 0 Å². The third-order valence-corrected chi connectivity index (χ3v) is 5.02. The zero-order chi connectivity index (χ0) is 21.5. The second kappa shape index (κ2) is 10.6. The van der Waals surface area contributed by atoms with Crippen molar-refractivity contribution in [3.05, 3.63) is 53.6 Å². The molecule has 4 atom stereocenters. The summed E-state index contributed by atoms with van der Waals surface area (Å²) in [6.45, 7) is 0.725. The minimum absolute atomic E-state index is 0.0590. The molecule has 164 valence electrons. The molecule has 1 aliphatic heterocycles. The van der Waals surface area contributed by atoms with Gasteiger partial charge in [0.1, 0.15) is 6.10 Å². The van der Waals surface area contributed by atoms with E-state index >= 15 is 0 Å². The van der Waals surface area contributed by atoms with Crippen LogP contribution >= 0.6 is 0 Å². The molecular formula is C22H29NO7. The zero-order valence-electron chi connectivity index (χ0n) is 17.4. The lowest BCUT2D eigenvalue weighted by atomic mass is 10.0. The van der Waals surface area contributed by atoms with E-state index in [9.17, 15) is 10.2 Å². The van der Waals surface area contributed by atoms with Crippen LogP contribution in [0.2, 0.25) is 0 Å². The summed E-state index contributed by atoms with van der Waals surface area (Å²) in [6, 6.07) is 12.6. The van der Waals surface area contributed by atoms with Crippen LogP contribution in [0.3, 0.4) is 0 Å². The van der Waals surface area contributed by atoms with Crippen molar-refractivity contribution in [1.29, 1.82) is 0 Å². The van der Waals surface area contributed by atoms with E-state index < -0.39 is 24.5 Å². The Morgan fingerprint density at radius 3 is 2.23 bits per heavy atom. The summed E-state index contributed by atoms with van der Waals surface area (Å²) >= 11 is 0. The molecule has 1 saturated heterocycles. The molecule has 8 heteroatoms. The van der Waals surface area contributed by atoms with Gasteiger partial charge in [-0.15, -0.1) is 0 Å². The first-order valence-corrected chi connectivity index (χ1v) is 9.73. The summed E-state index contributed by atoms with van der Waals surface area (Å²) in [5, 5.41) is 24.2. The number of rotatable bonds is 9. The molecule has 0 amide bonds. The maximum atomic E-state index is 10.7. The normalized spacial score (nSPS) is 23.8. The number of ether oxygens (including phenoxy) is 5. The zero-order valence-corrected chi connectivity index (χ0v) is 17.4. The quantitative estimate of drug-likeness (QED) is 0.562. The summed E-state index contributed by atoms with van der Waals surface area (Å²) in [7, 11) is 4.65. The molecule has 0 radical (unpaired) electrons. The SMILES string of the molecule is COc1cc(CN[C@H]2[C@H](O)[C@@H](OCc3ccccc3)OC[C@@H]2O)cc(OC)c1OC. The molecule has 0 aliphatic carbocycles. The molecule has 0 saturated carbocycles.